The molecule has 0 radical (unpaired) electrons. The Hall–Kier alpha value is -5.38. The minimum absolute atomic E-state index is 0.0155. The van der Waals surface area contributed by atoms with Gasteiger partial charge in [-0.15, -0.1) is 6.58 Å². The summed E-state index contributed by atoms with van der Waals surface area (Å²) in [6.07, 6.45) is 2.43. The van der Waals surface area contributed by atoms with E-state index in [0.717, 1.165) is 5.56 Å². The summed E-state index contributed by atoms with van der Waals surface area (Å²) >= 11 is 0. The maximum atomic E-state index is 14.6. The van der Waals surface area contributed by atoms with Crippen LogP contribution in [-0.4, -0.2) is 63.7 Å². The van der Waals surface area contributed by atoms with Crippen molar-refractivity contribution < 1.29 is 33.8 Å². The first-order valence-electron chi connectivity index (χ1n) is 16.5. The molecule has 0 fully saturated rings. The van der Waals surface area contributed by atoms with E-state index in [-0.39, 0.29) is 25.1 Å². The fourth-order valence-electron chi connectivity index (χ4n) is 5.18. The normalized spacial score (nSPS) is 13.2. The van der Waals surface area contributed by atoms with Crippen molar-refractivity contribution in [3.05, 3.63) is 120 Å². The van der Waals surface area contributed by atoms with Crippen LogP contribution in [0.25, 0.3) is 6.08 Å². The standard InChI is InChI=1S/C40H49N3O7/c1-9-23-43(36(46)32(42-38(48)50-40(6,7)8)25-29-19-21-31(44)22-20-29)34(30-18-14-17-27(10-2)24-30)35(45)41-33(37(47)49-39(3,4)5)26-28-15-12-11-13-16-28/h9-22,24,32-34,44H,1-2,23,25-26H2,3-8H3,(H,41,45)(H,42,48). The second-order valence-corrected chi connectivity index (χ2v) is 13.9. The molecule has 266 valence electrons. The fraction of sp³-hybridized carbons (Fsp3) is 0.350. The van der Waals surface area contributed by atoms with Gasteiger partial charge in [0, 0.05) is 19.4 Å². The number of benzene rings is 3. The number of phenols is 1. The summed E-state index contributed by atoms with van der Waals surface area (Å²) in [6.45, 7) is 17.9. The summed E-state index contributed by atoms with van der Waals surface area (Å²) < 4.78 is 11.2. The van der Waals surface area contributed by atoms with E-state index in [1.807, 2.05) is 36.4 Å². The molecule has 0 aliphatic heterocycles. The molecule has 10 heteroatoms. The van der Waals surface area contributed by atoms with Crippen molar-refractivity contribution in [2.75, 3.05) is 6.54 Å². The molecule has 0 aliphatic rings. The monoisotopic (exact) mass is 683 g/mol. The highest BCUT2D eigenvalue weighted by molar-refractivity contribution is 5.94. The minimum Gasteiger partial charge on any atom is -0.508 e. The Labute approximate surface area is 295 Å². The maximum Gasteiger partial charge on any atom is 0.408 e. The maximum absolute atomic E-state index is 14.6. The largest absolute Gasteiger partial charge is 0.508 e. The van der Waals surface area contributed by atoms with E-state index in [1.54, 1.807) is 78.0 Å². The second-order valence-electron chi connectivity index (χ2n) is 13.9. The van der Waals surface area contributed by atoms with Crippen LogP contribution in [0.4, 0.5) is 4.79 Å². The number of hydrogen-bond acceptors (Lipinski definition) is 7. The number of esters is 1. The van der Waals surface area contributed by atoms with Crippen LogP contribution < -0.4 is 10.6 Å². The van der Waals surface area contributed by atoms with Gasteiger partial charge in [-0.3, -0.25) is 9.59 Å². The molecule has 0 spiro atoms. The number of alkyl carbamates (subject to hydrolysis) is 1. The molecule has 3 aromatic rings. The molecule has 0 saturated heterocycles. The Morgan fingerprint density at radius 1 is 0.780 bits per heavy atom. The van der Waals surface area contributed by atoms with Gasteiger partial charge in [0.05, 0.1) is 0 Å². The second kappa shape index (κ2) is 17.3. The van der Waals surface area contributed by atoms with Gasteiger partial charge in [-0.1, -0.05) is 79.4 Å². The van der Waals surface area contributed by atoms with Gasteiger partial charge in [0.15, 0.2) is 0 Å². The van der Waals surface area contributed by atoms with E-state index in [4.69, 9.17) is 9.47 Å². The van der Waals surface area contributed by atoms with Crippen LogP contribution in [0.3, 0.4) is 0 Å². The lowest BCUT2D eigenvalue weighted by atomic mass is 9.98. The van der Waals surface area contributed by atoms with Gasteiger partial charge >= 0.3 is 12.1 Å². The molecule has 3 N–H and O–H groups in total. The Kier molecular flexibility index (Phi) is 13.5. The van der Waals surface area contributed by atoms with E-state index in [0.29, 0.717) is 16.7 Å². The third kappa shape index (κ3) is 12.3. The van der Waals surface area contributed by atoms with Gasteiger partial charge in [0.1, 0.15) is 35.1 Å². The molecule has 0 bridgehead atoms. The summed E-state index contributed by atoms with van der Waals surface area (Å²) in [5.41, 5.74) is 0.903. The number of carbonyl (C=O) groups excluding carboxylic acids is 4. The van der Waals surface area contributed by atoms with Crippen molar-refractivity contribution in [2.45, 2.75) is 83.7 Å². The van der Waals surface area contributed by atoms with Crippen molar-refractivity contribution in [3.63, 3.8) is 0 Å². The highest BCUT2D eigenvalue weighted by Gasteiger charge is 2.38. The van der Waals surface area contributed by atoms with Crippen molar-refractivity contribution in [2.24, 2.45) is 0 Å². The number of phenolic OH excluding ortho intramolecular Hbond substituents is 1. The topological polar surface area (TPSA) is 134 Å². The van der Waals surface area contributed by atoms with Crippen LogP contribution in [0.1, 0.15) is 69.8 Å². The molecule has 0 saturated carbocycles. The quantitative estimate of drug-likeness (QED) is 0.134. The zero-order valence-electron chi connectivity index (χ0n) is 29.8. The molecular formula is C40H49N3O7. The van der Waals surface area contributed by atoms with E-state index >= 15 is 0 Å². The lowest BCUT2D eigenvalue weighted by Gasteiger charge is -2.35. The van der Waals surface area contributed by atoms with Gasteiger partial charge in [-0.05, 0) is 82.0 Å². The van der Waals surface area contributed by atoms with Gasteiger partial charge in [-0.25, -0.2) is 9.59 Å². The molecule has 0 aliphatic carbocycles. The van der Waals surface area contributed by atoms with Crippen LogP contribution in [-0.2, 0) is 36.7 Å². The minimum atomic E-state index is -1.27. The van der Waals surface area contributed by atoms with Crippen LogP contribution in [0.5, 0.6) is 5.75 Å². The highest BCUT2D eigenvalue weighted by atomic mass is 16.6. The lowest BCUT2D eigenvalue weighted by molar-refractivity contribution is -0.159. The summed E-state index contributed by atoms with van der Waals surface area (Å²) in [5, 5.41) is 15.4. The third-order valence-electron chi connectivity index (χ3n) is 7.29. The third-order valence-corrected chi connectivity index (χ3v) is 7.29. The Morgan fingerprint density at radius 2 is 1.38 bits per heavy atom. The van der Waals surface area contributed by atoms with Crippen molar-refractivity contribution in [1.82, 2.24) is 15.5 Å². The van der Waals surface area contributed by atoms with Crippen LogP contribution in [0.2, 0.25) is 0 Å². The fourth-order valence-corrected chi connectivity index (χ4v) is 5.18. The van der Waals surface area contributed by atoms with Crippen LogP contribution in [0, 0.1) is 0 Å². The molecule has 0 aromatic heterocycles. The SMILES string of the molecule is C=CCN(C(=O)C(Cc1ccc(O)cc1)NC(=O)OC(C)(C)C)C(C(=O)NC(Cc1ccccc1)C(=O)OC(C)(C)C)c1cccc(C=C)c1. The summed E-state index contributed by atoms with van der Waals surface area (Å²) in [4.78, 5) is 57.1. The molecule has 10 nitrogen and oxygen atoms in total. The number of nitrogens with one attached hydrogen (secondary N) is 2. The van der Waals surface area contributed by atoms with Gasteiger partial charge < -0.3 is 30.1 Å². The van der Waals surface area contributed by atoms with E-state index in [2.05, 4.69) is 23.8 Å². The van der Waals surface area contributed by atoms with E-state index in [1.165, 1.54) is 23.1 Å². The Morgan fingerprint density at radius 3 is 1.96 bits per heavy atom. The number of nitrogens with zero attached hydrogens (tertiary/aromatic N) is 1. The molecule has 3 amide bonds. The zero-order valence-corrected chi connectivity index (χ0v) is 29.8. The molecular weight excluding hydrogens is 634 g/mol. The molecule has 50 heavy (non-hydrogen) atoms. The molecule has 3 atom stereocenters. The average molecular weight is 684 g/mol. The van der Waals surface area contributed by atoms with Crippen molar-refractivity contribution in [3.8, 4) is 5.75 Å². The first kappa shape index (κ1) is 39.1. The first-order chi connectivity index (χ1) is 23.5. The predicted octanol–water partition coefficient (Wildman–Crippen LogP) is 6.30. The lowest BCUT2D eigenvalue weighted by Crippen LogP contribution is -2.55. The van der Waals surface area contributed by atoms with Gasteiger partial charge in [0.25, 0.3) is 0 Å². The van der Waals surface area contributed by atoms with E-state index in [9.17, 15) is 24.3 Å². The number of aromatic hydroxyl groups is 1. The van der Waals surface area contributed by atoms with Crippen molar-refractivity contribution in [1.29, 1.82) is 0 Å². The van der Waals surface area contributed by atoms with Crippen LogP contribution in [0.15, 0.2) is 98.1 Å². The average Bonchev–Trinajstić information content (AvgIpc) is 3.03. The molecule has 3 rings (SSSR count). The highest BCUT2D eigenvalue weighted by Crippen LogP contribution is 2.26. The number of hydrogen-bond donors (Lipinski definition) is 3. The van der Waals surface area contributed by atoms with E-state index < -0.39 is 53.2 Å². The smallest absolute Gasteiger partial charge is 0.408 e. The summed E-state index contributed by atoms with van der Waals surface area (Å²) in [5.74, 6) is -1.84. The molecule has 0 heterocycles. The summed E-state index contributed by atoms with van der Waals surface area (Å²) in [6, 6.07) is 18.9. The van der Waals surface area contributed by atoms with Crippen molar-refractivity contribution >= 4 is 30.0 Å². The number of ether oxygens (including phenoxy) is 2. The summed E-state index contributed by atoms with van der Waals surface area (Å²) in [7, 11) is 0. The van der Waals surface area contributed by atoms with Gasteiger partial charge in [-0.2, -0.15) is 0 Å². The number of amides is 3. The van der Waals surface area contributed by atoms with Crippen LogP contribution >= 0.6 is 0 Å². The number of carbonyl (C=O) groups is 4. The molecule has 3 aromatic carbocycles. The number of rotatable bonds is 14. The Bertz CT molecular complexity index is 1640. The first-order valence-corrected chi connectivity index (χ1v) is 16.5. The zero-order chi connectivity index (χ0) is 37.1. The predicted molar refractivity (Wildman–Crippen MR) is 194 cm³/mol. The Balaban J connectivity index is 2.11. The molecule has 3 unspecified atom stereocenters. The van der Waals surface area contributed by atoms with Gasteiger partial charge in [0.2, 0.25) is 11.8 Å².